The molecule has 0 saturated carbocycles. The average Bonchev–Trinajstić information content (AvgIpc) is 2.81. The van der Waals surface area contributed by atoms with Crippen molar-refractivity contribution in [2.45, 2.75) is 13.5 Å². The van der Waals surface area contributed by atoms with E-state index < -0.39 is 0 Å². The maximum atomic E-state index is 13.5. The number of halogens is 1. The third-order valence-electron chi connectivity index (χ3n) is 2.47. The largest absolute Gasteiger partial charge is 0.313 e. The predicted molar refractivity (Wildman–Crippen MR) is 67.1 cm³/mol. The molecule has 0 radical (unpaired) electrons. The van der Waals surface area contributed by atoms with Gasteiger partial charge in [0.15, 0.2) is 0 Å². The standard InChI is InChI=1S/C13H14FNS/c1-2-15-8-12-7-10(3-4-13(12)14)11-5-6-16-9-11/h3-7,9,15H,2,8H2,1H3. The van der Waals surface area contributed by atoms with Crippen LogP contribution in [0, 0.1) is 5.82 Å². The minimum Gasteiger partial charge on any atom is -0.313 e. The van der Waals surface area contributed by atoms with Gasteiger partial charge in [-0.3, -0.25) is 0 Å². The van der Waals surface area contributed by atoms with Crippen molar-refractivity contribution in [3.8, 4) is 11.1 Å². The number of hydrogen-bond acceptors (Lipinski definition) is 2. The summed E-state index contributed by atoms with van der Waals surface area (Å²) in [4.78, 5) is 0. The summed E-state index contributed by atoms with van der Waals surface area (Å²) in [7, 11) is 0. The molecule has 0 aliphatic carbocycles. The molecule has 1 N–H and O–H groups in total. The van der Waals surface area contributed by atoms with Crippen molar-refractivity contribution in [2.75, 3.05) is 6.54 Å². The summed E-state index contributed by atoms with van der Waals surface area (Å²) in [6.45, 7) is 3.45. The second kappa shape index (κ2) is 5.23. The van der Waals surface area contributed by atoms with E-state index in [-0.39, 0.29) is 5.82 Å². The van der Waals surface area contributed by atoms with Crippen molar-refractivity contribution in [2.24, 2.45) is 0 Å². The second-order valence-corrected chi connectivity index (χ2v) is 4.38. The maximum Gasteiger partial charge on any atom is 0.127 e. The molecule has 1 heterocycles. The summed E-state index contributed by atoms with van der Waals surface area (Å²) >= 11 is 1.65. The molecule has 16 heavy (non-hydrogen) atoms. The van der Waals surface area contributed by atoms with Gasteiger partial charge in [0.25, 0.3) is 0 Å². The molecule has 84 valence electrons. The first-order chi connectivity index (χ1) is 7.81. The van der Waals surface area contributed by atoms with Crippen LogP contribution in [0.2, 0.25) is 0 Å². The summed E-state index contributed by atoms with van der Waals surface area (Å²) in [6, 6.07) is 7.33. The van der Waals surface area contributed by atoms with E-state index in [1.165, 1.54) is 0 Å². The van der Waals surface area contributed by atoms with Gasteiger partial charge in [0.1, 0.15) is 5.82 Å². The SMILES string of the molecule is CCNCc1cc(-c2ccsc2)ccc1F. The van der Waals surface area contributed by atoms with Crippen LogP contribution < -0.4 is 5.32 Å². The van der Waals surface area contributed by atoms with Crippen LogP contribution in [0.3, 0.4) is 0 Å². The minimum absolute atomic E-state index is 0.139. The fraction of sp³-hybridized carbons (Fsp3) is 0.231. The van der Waals surface area contributed by atoms with Crippen molar-refractivity contribution in [3.05, 3.63) is 46.4 Å². The molecule has 0 aliphatic rings. The Morgan fingerprint density at radius 3 is 2.81 bits per heavy atom. The van der Waals surface area contributed by atoms with Crippen molar-refractivity contribution in [3.63, 3.8) is 0 Å². The van der Waals surface area contributed by atoms with Gasteiger partial charge in [-0.2, -0.15) is 11.3 Å². The van der Waals surface area contributed by atoms with Crippen LogP contribution in [0.5, 0.6) is 0 Å². The average molecular weight is 235 g/mol. The van der Waals surface area contributed by atoms with Gasteiger partial charge < -0.3 is 5.32 Å². The molecule has 0 atom stereocenters. The highest BCUT2D eigenvalue weighted by molar-refractivity contribution is 7.08. The molecule has 1 aromatic carbocycles. The highest BCUT2D eigenvalue weighted by atomic mass is 32.1. The molecule has 0 spiro atoms. The van der Waals surface area contributed by atoms with Crippen LogP contribution in [0.4, 0.5) is 4.39 Å². The zero-order valence-corrected chi connectivity index (χ0v) is 9.98. The Labute approximate surface area is 98.9 Å². The Balaban J connectivity index is 2.28. The van der Waals surface area contributed by atoms with E-state index >= 15 is 0 Å². The Morgan fingerprint density at radius 1 is 1.25 bits per heavy atom. The number of rotatable bonds is 4. The molecule has 0 amide bonds. The summed E-state index contributed by atoms with van der Waals surface area (Å²) in [5.74, 6) is -0.139. The molecule has 0 fully saturated rings. The van der Waals surface area contributed by atoms with Gasteiger partial charge in [-0.1, -0.05) is 13.0 Å². The van der Waals surface area contributed by atoms with Crippen LogP contribution in [0.1, 0.15) is 12.5 Å². The van der Waals surface area contributed by atoms with E-state index in [0.29, 0.717) is 6.54 Å². The molecule has 1 nitrogen and oxygen atoms in total. The zero-order chi connectivity index (χ0) is 11.4. The molecule has 2 aromatic rings. The maximum absolute atomic E-state index is 13.5. The normalized spacial score (nSPS) is 10.6. The topological polar surface area (TPSA) is 12.0 Å². The Morgan fingerprint density at radius 2 is 2.12 bits per heavy atom. The van der Waals surface area contributed by atoms with E-state index in [0.717, 1.165) is 23.2 Å². The highest BCUT2D eigenvalue weighted by Crippen LogP contribution is 2.24. The fourth-order valence-electron chi connectivity index (χ4n) is 1.58. The van der Waals surface area contributed by atoms with E-state index in [1.54, 1.807) is 17.4 Å². The van der Waals surface area contributed by atoms with Crippen molar-refractivity contribution in [1.29, 1.82) is 0 Å². The second-order valence-electron chi connectivity index (χ2n) is 3.60. The van der Waals surface area contributed by atoms with Gasteiger partial charge in [-0.15, -0.1) is 0 Å². The lowest BCUT2D eigenvalue weighted by Crippen LogP contribution is -2.12. The van der Waals surface area contributed by atoms with Gasteiger partial charge >= 0.3 is 0 Å². The fourth-order valence-corrected chi connectivity index (χ4v) is 2.24. The lowest BCUT2D eigenvalue weighted by Gasteiger charge is -2.06. The van der Waals surface area contributed by atoms with Gasteiger partial charge in [0.2, 0.25) is 0 Å². The lowest BCUT2D eigenvalue weighted by atomic mass is 10.1. The van der Waals surface area contributed by atoms with Crippen molar-refractivity contribution < 1.29 is 4.39 Å². The highest BCUT2D eigenvalue weighted by Gasteiger charge is 2.04. The molecule has 0 unspecified atom stereocenters. The Bertz CT molecular complexity index is 451. The van der Waals surface area contributed by atoms with E-state index in [4.69, 9.17) is 0 Å². The molecule has 3 heteroatoms. The number of nitrogens with one attached hydrogen (secondary N) is 1. The van der Waals surface area contributed by atoms with Crippen LogP contribution in [0.15, 0.2) is 35.0 Å². The van der Waals surface area contributed by atoms with E-state index in [9.17, 15) is 4.39 Å². The molecule has 2 rings (SSSR count). The number of hydrogen-bond donors (Lipinski definition) is 1. The molecular weight excluding hydrogens is 221 g/mol. The first kappa shape index (κ1) is 11.3. The molecule has 0 saturated heterocycles. The van der Waals surface area contributed by atoms with Crippen molar-refractivity contribution in [1.82, 2.24) is 5.32 Å². The first-order valence-corrected chi connectivity index (χ1v) is 6.27. The van der Waals surface area contributed by atoms with Gasteiger partial charge in [0, 0.05) is 12.1 Å². The lowest BCUT2D eigenvalue weighted by molar-refractivity contribution is 0.593. The summed E-state index contributed by atoms with van der Waals surface area (Å²) in [6.07, 6.45) is 0. The van der Waals surface area contributed by atoms with Crippen molar-refractivity contribution >= 4 is 11.3 Å². The van der Waals surface area contributed by atoms with Gasteiger partial charge in [0.05, 0.1) is 0 Å². The summed E-state index contributed by atoms with van der Waals surface area (Å²) in [5, 5.41) is 7.24. The number of benzene rings is 1. The summed E-state index contributed by atoms with van der Waals surface area (Å²) < 4.78 is 13.5. The Kier molecular flexibility index (Phi) is 3.70. The van der Waals surface area contributed by atoms with E-state index in [1.807, 2.05) is 24.4 Å². The number of thiophene rings is 1. The third-order valence-corrected chi connectivity index (χ3v) is 3.15. The van der Waals surface area contributed by atoms with Gasteiger partial charge in [-0.25, -0.2) is 4.39 Å². The quantitative estimate of drug-likeness (QED) is 0.852. The smallest absolute Gasteiger partial charge is 0.127 e. The van der Waals surface area contributed by atoms with Crippen LogP contribution in [0.25, 0.3) is 11.1 Å². The molecule has 0 bridgehead atoms. The van der Waals surface area contributed by atoms with Crippen LogP contribution in [-0.4, -0.2) is 6.54 Å². The predicted octanol–water partition coefficient (Wildman–Crippen LogP) is 3.66. The van der Waals surface area contributed by atoms with Gasteiger partial charge in [-0.05, 0) is 46.6 Å². The van der Waals surface area contributed by atoms with Crippen LogP contribution >= 0.6 is 11.3 Å². The Hall–Kier alpha value is -1.19. The summed E-state index contributed by atoms with van der Waals surface area (Å²) in [5.41, 5.74) is 2.96. The van der Waals surface area contributed by atoms with Crippen LogP contribution in [-0.2, 0) is 6.54 Å². The molecule has 1 aromatic heterocycles. The first-order valence-electron chi connectivity index (χ1n) is 5.33. The molecule has 0 aliphatic heterocycles. The monoisotopic (exact) mass is 235 g/mol. The minimum atomic E-state index is -0.139. The zero-order valence-electron chi connectivity index (χ0n) is 9.16. The van der Waals surface area contributed by atoms with E-state index in [2.05, 4.69) is 16.8 Å². The third kappa shape index (κ3) is 2.49. The molecular formula is C13H14FNS.